The number of aliphatic hydroxyl groups is 2. The Morgan fingerprint density at radius 1 is 1.03 bits per heavy atom. The van der Waals surface area contributed by atoms with Crippen LogP contribution in [-0.2, 0) is 13.9 Å². The largest absolute Gasteiger partial charge is 0.388 e. The Kier molecular flexibility index (Phi) is 6.94. The van der Waals surface area contributed by atoms with Gasteiger partial charge in [-0.2, -0.15) is 9.97 Å². The van der Waals surface area contributed by atoms with Gasteiger partial charge in [0.05, 0.1) is 12.4 Å². The second kappa shape index (κ2) is 9.75. The molecule has 0 radical (unpaired) electrons. The Labute approximate surface area is 223 Å². The summed E-state index contributed by atoms with van der Waals surface area (Å²) >= 11 is 6.30. The molecule has 5 aliphatic rings. The van der Waals surface area contributed by atoms with Crippen molar-refractivity contribution in [3.63, 3.8) is 0 Å². The number of rotatable bonds is 8. The maximum atomic E-state index is 12.2. The first kappa shape index (κ1) is 27.1. The number of halogens is 1. The molecule has 3 heterocycles. The second-order valence-electron chi connectivity index (χ2n) is 11.5. The number of aromatic nitrogens is 4. The first-order valence-corrected chi connectivity index (χ1v) is 17.1. The van der Waals surface area contributed by atoms with E-state index in [1.165, 1.54) is 43.0 Å². The van der Waals surface area contributed by atoms with Gasteiger partial charge in [0.15, 0.2) is 23.2 Å². The molecular weight excluding hydrogens is 560 g/mol. The number of aliphatic hydroxyl groups excluding tert-OH is 2. The van der Waals surface area contributed by atoms with Gasteiger partial charge < -0.3 is 34.9 Å². The monoisotopic (exact) mass is 591 g/mol. The zero-order valence-corrected chi connectivity index (χ0v) is 23.0. The van der Waals surface area contributed by atoms with Crippen molar-refractivity contribution in [3.8, 4) is 0 Å². The van der Waals surface area contributed by atoms with E-state index in [0.29, 0.717) is 28.8 Å². The third-order valence-electron chi connectivity index (χ3n) is 8.70. The van der Waals surface area contributed by atoms with Gasteiger partial charge in [-0.25, -0.2) is 4.98 Å². The minimum Gasteiger partial charge on any atom is -0.388 e. The second-order valence-corrected chi connectivity index (χ2v) is 16.4. The van der Waals surface area contributed by atoms with Gasteiger partial charge in [0.25, 0.3) is 0 Å². The third-order valence-corrected chi connectivity index (χ3v) is 13.1. The van der Waals surface area contributed by atoms with E-state index in [1.54, 1.807) is 0 Å². The van der Waals surface area contributed by atoms with Gasteiger partial charge in [0, 0.05) is 12.2 Å². The molecule has 5 fully saturated rings. The van der Waals surface area contributed by atoms with E-state index in [-0.39, 0.29) is 17.7 Å². The fourth-order valence-electron chi connectivity index (χ4n) is 7.38. The molecule has 2 aromatic rings. The molecule has 6 N–H and O–H groups in total. The molecule has 13 nitrogen and oxygen atoms in total. The molecule has 1 aliphatic heterocycles. The summed E-state index contributed by atoms with van der Waals surface area (Å²) in [5.74, 6) is 2.17. The molecule has 1 saturated heterocycles. The van der Waals surface area contributed by atoms with Crippen molar-refractivity contribution in [1.82, 2.24) is 19.5 Å². The molecule has 7 rings (SSSR count). The van der Waals surface area contributed by atoms with Gasteiger partial charge in [0.1, 0.15) is 18.1 Å². The van der Waals surface area contributed by atoms with E-state index in [9.17, 15) is 24.2 Å². The van der Waals surface area contributed by atoms with E-state index in [4.69, 9.17) is 26.1 Å². The Bertz CT molecular complexity index is 1290. The number of nitrogens with zero attached hydrogens (tertiary/aromatic N) is 4. The van der Waals surface area contributed by atoms with Crippen LogP contribution in [0.2, 0.25) is 5.28 Å². The smallest absolute Gasteiger partial charge is 0.335 e. The maximum absolute atomic E-state index is 12.2. The molecule has 0 amide bonds. The standard InChI is InChI=1S/C22H32ClN5O8P2/c23-22-26-19(25-15-12-4-10-3-11(6-12)7-13(15)5-10)16-20(27-22)28(8-24-16)21-18(30)17(29)14(36-21)1-2-37(31,32)9-38(33,34)35/h8,10-15,17-18,21,29-30H,1-7,9H2,(H,31,32)(H,25,26,27)(H2,33,34,35)/t10?,11?,12?,13?,14-,15?,17+,18?,21-/m1/s1. The number of nitrogens with one attached hydrogen (secondary N) is 1. The fraction of sp³-hybridized carbons (Fsp3) is 0.773. The van der Waals surface area contributed by atoms with E-state index >= 15 is 0 Å². The van der Waals surface area contributed by atoms with Crippen LogP contribution < -0.4 is 5.32 Å². The van der Waals surface area contributed by atoms with Crippen LogP contribution in [0.5, 0.6) is 0 Å². The average Bonchev–Trinajstić information content (AvgIpc) is 3.33. The first-order chi connectivity index (χ1) is 17.9. The van der Waals surface area contributed by atoms with Crippen LogP contribution in [0.3, 0.4) is 0 Å². The summed E-state index contributed by atoms with van der Waals surface area (Å²) in [7, 11) is -8.87. The summed E-state index contributed by atoms with van der Waals surface area (Å²) in [4.78, 5) is 41.2. The van der Waals surface area contributed by atoms with Gasteiger partial charge in [-0.05, 0) is 73.8 Å². The summed E-state index contributed by atoms with van der Waals surface area (Å²) in [6, 6.07) is 0.281. The lowest BCUT2D eigenvalue weighted by molar-refractivity contribution is -0.0354. The number of anilines is 1. The van der Waals surface area contributed by atoms with Gasteiger partial charge in [-0.15, -0.1) is 0 Å². The van der Waals surface area contributed by atoms with Crippen molar-refractivity contribution in [3.05, 3.63) is 11.6 Å². The summed E-state index contributed by atoms with van der Waals surface area (Å²) in [5.41, 5.74) is 0.765. The molecule has 4 aliphatic carbocycles. The normalized spacial score (nSPS) is 38.1. The van der Waals surface area contributed by atoms with Crippen LogP contribution in [0.25, 0.3) is 11.2 Å². The van der Waals surface area contributed by atoms with E-state index in [2.05, 4.69) is 20.3 Å². The average molecular weight is 592 g/mol. The molecule has 210 valence electrons. The molecule has 4 bridgehead atoms. The van der Waals surface area contributed by atoms with Crippen LogP contribution in [0.4, 0.5) is 5.82 Å². The molecule has 38 heavy (non-hydrogen) atoms. The van der Waals surface area contributed by atoms with Gasteiger partial charge in [0.2, 0.25) is 12.7 Å². The minimum atomic E-state index is -4.70. The number of imidazole rings is 1. The first-order valence-electron chi connectivity index (χ1n) is 12.9. The Morgan fingerprint density at radius 3 is 2.32 bits per heavy atom. The van der Waals surface area contributed by atoms with Crippen molar-refractivity contribution < 1.29 is 38.8 Å². The molecule has 2 aromatic heterocycles. The number of hydrogen-bond donors (Lipinski definition) is 6. The zero-order chi connectivity index (χ0) is 27.0. The van der Waals surface area contributed by atoms with Gasteiger partial charge >= 0.3 is 7.60 Å². The van der Waals surface area contributed by atoms with Crippen LogP contribution in [0.15, 0.2) is 6.33 Å². The van der Waals surface area contributed by atoms with Crippen LogP contribution in [-0.4, -0.2) is 80.8 Å². The minimum absolute atomic E-state index is 0.00573. The van der Waals surface area contributed by atoms with Crippen LogP contribution in [0.1, 0.15) is 44.8 Å². The predicted octanol–water partition coefficient (Wildman–Crippen LogP) is 2.13. The summed E-state index contributed by atoms with van der Waals surface area (Å²) in [6.07, 6.45) is 2.00. The highest BCUT2D eigenvalue weighted by Crippen LogP contribution is 2.56. The lowest BCUT2D eigenvalue weighted by atomic mass is 9.54. The van der Waals surface area contributed by atoms with Crippen LogP contribution >= 0.6 is 26.6 Å². The Hall–Kier alpha value is -1.14. The Balaban J connectivity index is 1.21. The molecule has 4 saturated carbocycles. The Morgan fingerprint density at radius 2 is 1.68 bits per heavy atom. The predicted molar refractivity (Wildman–Crippen MR) is 137 cm³/mol. The summed E-state index contributed by atoms with van der Waals surface area (Å²) in [5, 5.41) is 24.9. The SMILES string of the molecule is O=P(O)(O)CP(=O)(O)CC[C@H]1O[C@@H](n2cnc3c(NC4C5CC6CC(C5)CC4C6)nc(Cl)nc32)C(O)[C@H]1O. The number of ether oxygens (including phenoxy) is 1. The van der Waals surface area contributed by atoms with E-state index < -0.39 is 51.6 Å². The van der Waals surface area contributed by atoms with Gasteiger partial charge in [-0.1, -0.05) is 0 Å². The number of hydrogen-bond acceptors (Lipinski definition) is 9. The van der Waals surface area contributed by atoms with E-state index in [1.807, 2.05) is 0 Å². The fourth-order valence-corrected chi connectivity index (χ4v) is 11.1. The van der Waals surface area contributed by atoms with Crippen molar-refractivity contribution in [2.75, 3.05) is 17.4 Å². The highest BCUT2D eigenvalue weighted by atomic mass is 35.5. The molecular formula is C22H32ClN5O8P2. The van der Waals surface area contributed by atoms with Crippen molar-refractivity contribution in [2.45, 2.75) is 69.1 Å². The molecule has 16 heteroatoms. The quantitative estimate of drug-likeness (QED) is 0.193. The molecule has 5 atom stereocenters. The summed E-state index contributed by atoms with van der Waals surface area (Å²) < 4.78 is 30.6. The van der Waals surface area contributed by atoms with Crippen LogP contribution in [0, 0.1) is 23.7 Å². The van der Waals surface area contributed by atoms with Crippen molar-refractivity contribution in [1.29, 1.82) is 0 Å². The van der Waals surface area contributed by atoms with Crippen molar-refractivity contribution in [2.24, 2.45) is 23.7 Å². The third kappa shape index (κ3) is 5.18. The lowest BCUT2D eigenvalue weighted by Gasteiger charge is -2.54. The lowest BCUT2D eigenvalue weighted by Crippen LogP contribution is -2.51. The highest BCUT2D eigenvalue weighted by Gasteiger charge is 2.49. The zero-order valence-electron chi connectivity index (χ0n) is 20.5. The van der Waals surface area contributed by atoms with Crippen molar-refractivity contribution >= 4 is 43.5 Å². The summed E-state index contributed by atoms with van der Waals surface area (Å²) in [6.45, 7) is 0. The molecule has 0 spiro atoms. The van der Waals surface area contributed by atoms with Gasteiger partial charge in [-0.3, -0.25) is 13.7 Å². The highest BCUT2D eigenvalue weighted by molar-refractivity contribution is 7.72. The topological polar surface area (TPSA) is 200 Å². The maximum Gasteiger partial charge on any atom is 0.335 e. The van der Waals surface area contributed by atoms with E-state index in [0.717, 1.165) is 11.8 Å². The number of fused-ring (bicyclic) bond motifs is 1. The molecule has 0 aromatic carbocycles. The molecule has 2 unspecified atom stereocenters.